The fourth-order valence-corrected chi connectivity index (χ4v) is 6.17. The van der Waals surface area contributed by atoms with Crippen molar-refractivity contribution in [1.29, 1.82) is 0 Å². The Bertz CT molecular complexity index is 2020. The molecule has 256 valence electrons. The van der Waals surface area contributed by atoms with Crippen LogP contribution in [0.15, 0.2) is 47.4 Å². The van der Waals surface area contributed by atoms with Gasteiger partial charge in [-0.25, -0.2) is 28.1 Å². The van der Waals surface area contributed by atoms with Crippen molar-refractivity contribution in [1.82, 2.24) is 29.1 Å². The van der Waals surface area contributed by atoms with Crippen molar-refractivity contribution in [3.05, 3.63) is 74.9 Å². The zero-order valence-electron chi connectivity index (χ0n) is 26.4. The first-order chi connectivity index (χ1) is 22.5. The minimum Gasteiger partial charge on any atom is -0.474 e. The molecule has 0 unspecified atom stereocenters. The number of hydrogen-bond acceptors (Lipinski definition) is 10. The number of ether oxygens (including phenoxy) is 1. The minimum absolute atomic E-state index is 0.0148. The highest BCUT2D eigenvalue weighted by molar-refractivity contribution is 7.89. The van der Waals surface area contributed by atoms with Gasteiger partial charge in [-0.3, -0.25) is 19.1 Å². The molecular weight excluding hydrogens is 675 g/mol. The van der Waals surface area contributed by atoms with Crippen LogP contribution in [0.1, 0.15) is 47.4 Å². The van der Waals surface area contributed by atoms with E-state index in [2.05, 4.69) is 15.3 Å². The summed E-state index contributed by atoms with van der Waals surface area (Å²) in [6.45, 7) is 3.22. The fraction of sp³-hybridized carbons (Fsp3) is 0.387. The van der Waals surface area contributed by atoms with Crippen LogP contribution in [-0.4, -0.2) is 76.9 Å². The molecule has 4 heterocycles. The lowest BCUT2D eigenvalue weighted by molar-refractivity contribution is -0.149. The summed E-state index contributed by atoms with van der Waals surface area (Å²) in [5.41, 5.74) is 2.00. The Hall–Kier alpha value is -4.28. The van der Waals surface area contributed by atoms with Crippen LogP contribution in [0.2, 0.25) is 5.15 Å². The van der Waals surface area contributed by atoms with Crippen LogP contribution in [0.5, 0.6) is 5.88 Å². The predicted octanol–water partition coefficient (Wildman–Crippen LogP) is 4.62. The Kier molecular flexibility index (Phi) is 9.99. The summed E-state index contributed by atoms with van der Waals surface area (Å²) < 4.78 is 70.8. The standard InChI is InChI=1S/C31H33ClF3N7O5S/c1-17-13-21(18(2)37-23-6-7-24(32)38-27(23)29(43)40-48(4,45)46)26-22(14-17)30(44)41(3)28(39-26)19-5-8-25(36-15-19)47-20-9-11-42(12-10-20)16-31(33,34)35/h5-8,13-15,18,20,37H,9-12,16H2,1-4H3,(H,40,43)/t18-/m1/s1. The third-order valence-corrected chi connectivity index (χ3v) is 8.53. The van der Waals surface area contributed by atoms with Crippen molar-refractivity contribution < 1.29 is 31.1 Å². The van der Waals surface area contributed by atoms with Crippen LogP contribution in [0, 0.1) is 6.92 Å². The summed E-state index contributed by atoms with van der Waals surface area (Å²) in [5, 5.41) is 3.53. The minimum atomic E-state index is -4.24. The summed E-state index contributed by atoms with van der Waals surface area (Å²) >= 11 is 6.01. The molecule has 1 aliphatic rings. The van der Waals surface area contributed by atoms with Crippen molar-refractivity contribution >= 4 is 44.1 Å². The number of aromatic nitrogens is 4. The number of nitrogens with zero attached hydrogens (tertiary/aromatic N) is 5. The molecule has 0 spiro atoms. The number of halogens is 4. The molecule has 1 aromatic carbocycles. The highest BCUT2D eigenvalue weighted by Crippen LogP contribution is 2.30. The molecule has 3 aromatic heterocycles. The quantitative estimate of drug-likeness (QED) is 0.236. The molecular formula is C31H33ClF3N7O5S. The fourth-order valence-electron chi connectivity index (χ4n) is 5.59. The first-order valence-electron chi connectivity index (χ1n) is 14.9. The number of benzene rings is 1. The van der Waals surface area contributed by atoms with Gasteiger partial charge in [-0.2, -0.15) is 13.2 Å². The summed E-state index contributed by atoms with van der Waals surface area (Å²) in [5.74, 6) is -0.337. The Labute approximate surface area is 279 Å². The molecule has 0 radical (unpaired) electrons. The lowest BCUT2D eigenvalue weighted by atomic mass is 10.0. The number of rotatable bonds is 9. The van der Waals surface area contributed by atoms with Gasteiger partial charge in [-0.1, -0.05) is 17.7 Å². The lowest BCUT2D eigenvalue weighted by Gasteiger charge is -2.32. The maximum atomic E-state index is 13.6. The summed E-state index contributed by atoms with van der Waals surface area (Å²) in [4.78, 5) is 41.0. The van der Waals surface area contributed by atoms with Crippen molar-refractivity contribution in [3.63, 3.8) is 0 Å². The molecule has 0 bridgehead atoms. The van der Waals surface area contributed by atoms with Crippen molar-refractivity contribution in [2.75, 3.05) is 31.2 Å². The van der Waals surface area contributed by atoms with Crippen LogP contribution in [0.3, 0.4) is 0 Å². The van der Waals surface area contributed by atoms with Gasteiger partial charge < -0.3 is 10.1 Å². The Balaban J connectivity index is 1.42. The average molecular weight is 708 g/mol. The second kappa shape index (κ2) is 13.7. The first-order valence-corrected chi connectivity index (χ1v) is 17.1. The van der Waals surface area contributed by atoms with E-state index in [1.165, 1.54) is 27.8 Å². The lowest BCUT2D eigenvalue weighted by Crippen LogP contribution is -2.42. The molecule has 0 saturated carbocycles. The normalized spacial score (nSPS) is 15.3. The molecule has 1 aliphatic heterocycles. The SMILES string of the molecule is Cc1cc([C@@H](C)Nc2ccc(Cl)nc2C(=O)NS(C)(=O)=O)c2nc(-c3ccc(OC4CCN(CC(F)(F)F)CC4)nc3)n(C)c(=O)c2c1. The zero-order valence-corrected chi connectivity index (χ0v) is 28.0. The van der Waals surface area contributed by atoms with Gasteiger partial charge in [0.2, 0.25) is 15.9 Å². The molecule has 48 heavy (non-hydrogen) atoms. The van der Waals surface area contributed by atoms with E-state index < -0.39 is 34.7 Å². The van der Waals surface area contributed by atoms with E-state index in [1.807, 2.05) is 17.7 Å². The maximum Gasteiger partial charge on any atom is 0.401 e. The molecule has 2 N–H and O–H groups in total. The van der Waals surface area contributed by atoms with Gasteiger partial charge in [0.05, 0.1) is 35.4 Å². The number of likely N-dealkylation sites (tertiary alicyclic amines) is 1. The zero-order chi connectivity index (χ0) is 35.0. The van der Waals surface area contributed by atoms with Gasteiger partial charge in [0.25, 0.3) is 11.5 Å². The molecule has 12 nitrogen and oxygen atoms in total. The van der Waals surface area contributed by atoms with Crippen molar-refractivity contribution in [2.45, 2.75) is 45.0 Å². The van der Waals surface area contributed by atoms with E-state index in [1.54, 1.807) is 32.2 Å². The number of piperidine rings is 1. The van der Waals surface area contributed by atoms with E-state index in [0.717, 1.165) is 11.8 Å². The average Bonchev–Trinajstić information content (AvgIpc) is 2.99. The molecule has 1 fully saturated rings. The second-order valence-electron chi connectivity index (χ2n) is 11.7. The van der Waals surface area contributed by atoms with Crippen LogP contribution in [-0.2, 0) is 17.1 Å². The molecule has 17 heteroatoms. The Morgan fingerprint density at radius 3 is 2.48 bits per heavy atom. The van der Waals surface area contributed by atoms with Gasteiger partial charge in [-0.05, 0) is 56.5 Å². The molecule has 1 atom stereocenters. The number of fused-ring (bicyclic) bond motifs is 1. The van der Waals surface area contributed by atoms with Gasteiger partial charge in [0.15, 0.2) is 5.69 Å². The third-order valence-electron chi connectivity index (χ3n) is 7.77. The van der Waals surface area contributed by atoms with E-state index in [0.29, 0.717) is 46.6 Å². The Morgan fingerprint density at radius 2 is 1.85 bits per heavy atom. The number of carbonyl (C=O) groups excluding carboxylic acids is 1. The Morgan fingerprint density at radius 1 is 1.15 bits per heavy atom. The molecule has 5 rings (SSSR count). The summed E-state index contributed by atoms with van der Waals surface area (Å²) in [6.07, 6.45) is -1.28. The summed E-state index contributed by atoms with van der Waals surface area (Å²) in [7, 11) is -2.28. The van der Waals surface area contributed by atoms with Crippen LogP contribution in [0.25, 0.3) is 22.3 Å². The molecule has 4 aromatic rings. The predicted molar refractivity (Wildman–Crippen MR) is 175 cm³/mol. The van der Waals surface area contributed by atoms with Gasteiger partial charge in [-0.15, -0.1) is 0 Å². The largest absolute Gasteiger partial charge is 0.474 e. The van der Waals surface area contributed by atoms with Gasteiger partial charge in [0, 0.05) is 43.5 Å². The van der Waals surface area contributed by atoms with Crippen LogP contribution < -0.4 is 20.3 Å². The smallest absolute Gasteiger partial charge is 0.401 e. The third kappa shape index (κ3) is 8.41. The van der Waals surface area contributed by atoms with Crippen LogP contribution in [0.4, 0.5) is 18.9 Å². The molecule has 0 aliphatic carbocycles. The number of pyridine rings is 2. The first kappa shape index (κ1) is 35.0. The number of nitrogens with one attached hydrogen (secondary N) is 2. The second-order valence-corrected chi connectivity index (χ2v) is 13.9. The van der Waals surface area contributed by atoms with E-state index in [4.69, 9.17) is 21.3 Å². The number of aryl methyl sites for hydroxylation is 1. The number of sulfonamides is 1. The number of carbonyl (C=O) groups is 1. The van der Waals surface area contributed by atoms with Gasteiger partial charge >= 0.3 is 6.18 Å². The van der Waals surface area contributed by atoms with E-state index >= 15 is 0 Å². The van der Waals surface area contributed by atoms with Crippen molar-refractivity contribution in [2.24, 2.45) is 7.05 Å². The van der Waals surface area contributed by atoms with Crippen LogP contribution >= 0.6 is 11.6 Å². The highest BCUT2D eigenvalue weighted by Gasteiger charge is 2.33. The number of alkyl halides is 3. The summed E-state index contributed by atoms with van der Waals surface area (Å²) in [6, 6.07) is 9.32. The topological polar surface area (TPSA) is 148 Å². The van der Waals surface area contributed by atoms with Gasteiger partial charge in [0.1, 0.15) is 17.1 Å². The molecule has 1 saturated heterocycles. The number of anilines is 1. The van der Waals surface area contributed by atoms with Crippen molar-refractivity contribution in [3.8, 4) is 17.3 Å². The maximum absolute atomic E-state index is 13.6. The van der Waals surface area contributed by atoms with E-state index in [9.17, 15) is 31.2 Å². The number of amides is 1. The molecule has 1 amide bonds. The highest BCUT2D eigenvalue weighted by atomic mass is 35.5. The number of hydrogen-bond donors (Lipinski definition) is 2. The van der Waals surface area contributed by atoms with E-state index in [-0.39, 0.29) is 41.3 Å². The monoisotopic (exact) mass is 707 g/mol.